The first-order valence-electron chi connectivity index (χ1n) is 7.50. The lowest BCUT2D eigenvalue weighted by atomic mass is 10.2. The molecule has 1 aromatic rings. The number of carbonyl (C=O) groups is 1. The minimum atomic E-state index is 0.146. The molecule has 110 valence electrons. The molecule has 1 atom stereocenters. The number of carbonyl (C=O) groups excluding carboxylic acids is 1. The molecule has 2 rings (SSSR count). The summed E-state index contributed by atoms with van der Waals surface area (Å²) < 4.78 is 0. The molecule has 1 fully saturated rings. The Kier molecular flexibility index (Phi) is 5.41. The lowest BCUT2D eigenvalue weighted by Crippen LogP contribution is -2.50. The van der Waals surface area contributed by atoms with Crippen LogP contribution in [0.2, 0.25) is 0 Å². The number of nitrogens with one attached hydrogen (secondary N) is 1. The Morgan fingerprint density at radius 3 is 2.45 bits per heavy atom. The molecule has 4 heteroatoms. The van der Waals surface area contributed by atoms with Gasteiger partial charge in [-0.25, -0.2) is 0 Å². The number of nitrogens with zero attached hydrogens (tertiary/aromatic N) is 2. The van der Waals surface area contributed by atoms with Gasteiger partial charge in [0, 0.05) is 37.9 Å². The fourth-order valence-electron chi connectivity index (χ4n) is 2.43. The van der Waals surface area contributed by atoms with Crippen molar-refractivity contribution >= 4 is 11.6 Å². The molecule has 0 saturated carbocycles. The van der Waals surface area contributed by atoms with Gasteiger partial charge in [-0.3, -0.25) is 9.69 Å². The van der Waals surface area contributed by atoms with E-state index in [1.807, 2.05) is 13.0 Å². The summed E-state index contributed by atoms with van der Waals surface area (Å²) in [6, 6.07) is 10.7. The van der Waals surface area contributed by atoms with Crippen LogP contribution in [0.1, 0.15) is 20.3 Å². The van der Waals surface area contributed by atoms with Gasteiger partial charge in [-0.2, -0.15) is 0 Å². The molecule has 1 amide bonds. The summed E-state index contributed by atoms with van der Waals surface area (Å²) in [4.78, 5) is 16.5. The van der Waals surface area contributed by atoms with Crippen LogP contribution < -0.4 is 10.2 Å². The maximum absolute atomic E-state index is 11.9. The van der Waals surface area contributed by atoms with Crippen LogP contribution in [0.4, 0.5) is 5.69 Å². The van der Waals surface area contributed by atoms with Gasteiger partial charge in [0.05, 0.1) is 6.54 Å². The first-order chi connectivity index (χ1) is 9.69. The van der Waals surface area contributed by atoms with Crippen LogP contribution in [-0.2, 0) is 4.79 Å². The van der Waals surface area contributed by atoms with Crippen LogP contribution >= 0.6 is 0 Å². The average Bonchev–Trinajstić information content (AvgIpc) is 2.48. The summed E-state index contributed by atoms with van der Waals surface area (Å²) in [5.74, 6) is 0.146. The Morgan fingerprint density at radius 1 is 1.20 bits per heavy atom. The molecule has 0 spiro atoms. The molecule has 1 aliphatic heterocycles. The SMILES string of the molecule is CCC(C)NC(=O)CN1CCN(c2ccccc2)CC1. The second kappa shape index (κ2) is 7.29. The third-order valence-electron chi connectivity index (χ3n) is 3.88. The lowest BCUT2D eigenvalue weighted by molar-refractivity contribution is -0.122. The Morgan fingerprint density at radius 2 is 1.85 bits per heavy atom. The molecule has 1 unspecified atom stereocenters. The van der Waals surface area contributed by atoms with Gasteiger partial charge in [-0.1, -0.05) is 25.1 Å². The zero-order valence-electron chi connectivity index (χ0n) is 12.5. The first kappa shape index (κ1) is 14.9. The van der Waals surface area contributed by atoms with E-state index >= 15 is 0 Å². The molecule has 1 aliphatic rings. The number of piperazine rings is 1. The van der Waals surface area contributed by atoms with Crippen molar-refractivity contribution in [1.29, 1.82) is 0 Å². The largest absolute Gasteiger partial charge is 0.369 e. The summed E-state index contributed by atoms with van der Waals surface area (Å²) in [5, 5.41) is 3.03. The van der Waals surface area contributed by atoms with Crippen molar-refractivity contribution in [2.75, 3.05) is 37.6 Å². The van der Waals surface area contributed by atoms with E-state index < -0.39 is 0 Å². The number of para-hydroxylation sites is 1. The van der Waals surface area contributed by atoms with Gasteiger partial charge in [-0.15, -0.1) is 0 Å². The van der Waals surface area contributed by atoms with Gasteiger partial charge in [0.2, 0.25) is 5.91 Å². The quantitative estimate of drug-likeness (QED) is 0.889. The highest BCUT2D eigenvalue weighted by Crippen LogP contribution is 2.15. The predicted molar refractivity (Wildman–Crippen MR) is 83.0 cm³/mol. The molecule has 1 heterocycles. The molecule has 0 aliphatic carbocycles. The normalized spacial score (nSPS) is 17.8. The summed E-state index contributed by atoms with van der Waals surface area (Å²) in [5.41, 5.74) is 1.27. The van der Waals surface area contributed by atoms with Crippen LogP contribution in [0.15, 0.2) is 30.3 Å². The van der Waals surface area contributed by atoms with E-state index in [1.54, 1.807) is 0 Å². The lowest BCUT2D eigenvalue weighted by Gasteiger charge is -2.35. The third kappa shape index (κ3) is 4.23. The van der Waals surface area contributed by atoms with Crippen molar-refractivity contribution in [1.82, 2.24) is 10.2 Å². The van der Waals surface area contributed by atoms with Crippen LogP contribution in [0.3, 0.4) is 0 Å². The van der Waals surface area contributed by atoms with E-state index in [0.717, 1.165) is 32.6 Å². The Hall–Kier alpha value is -1.55. The Balaban J connectivity index is 1.76. The molecule has 0 aromatic heterocycles. The molecular formula is C16H25N3O. The molecule has 4 nitrogen and oxygen atoms in total. The van der Waals surface area contributed by atoms with Crippen molar-refractivity contribution in [3.63, 3.8) is 0 Å². The van der Waals surface area contributed by atoms with Crippen LogP contribution in [0, 0.1) is 0 Å². The number of rotatable bonds is 5. The highest BCUT2D eigenvalue weighted by Gasteiger charge is 2.19. The standard InChI is InChI=1S/C16H25N3O/c1-3-14(2)17-16(20)13-18-9-11-19(12-10-18)15-7-5-4-6-8-15/h4-8,14H,3,9-13H2,1-2H3,(H,17,20). The molecule has 0 radical (unpaired) electrons. The van der Waals surface area contributed by atoms with Crippen molar-refractivity contribution < 1.29 is 4.79 Å². The molecule has 20 heavy (non-hydrogen) atoms. The van der Waals surface area contributed by atoms with Crippen molar-refractivity contribution in [2.45, 2.75) is 26.3 Å². The number of anilines is 1. The third-order valence-corrected chi connectivity index (χ3v) is 3.88. The summed E-state index contributed by atoms with van der Waals surface area (Å²) in [6.45, 7) is 8.52. The van der Waals surface area contributed by atoms with Gasteiger partial charge in [0.25, 0.3) is 0 Å². The zero-order chi connectivity index (χ0) is 14.4. The second-order valence-electron chi connectivity index (χ2n) is 5.48. The molecule has 1 N–H and O–H groups in total. The van der Waals surface area contributed by atoms with E-state index in [-0.39, 0.29) is 11.9 Å². The van der Waals surface area contributed by atoms with Gasteiger partial charge in [-0.05, 0) is 25.5 Å². The van der Waals surface area contributed by atoms with Crippen molar-refractivity contribution in [2.24, 2.45) is 0 Å². The fraction of sp³-hybridized carbons (Fsp3) is 0.562. The minimum Gasteiger partial charge on any atom is -0.369 e. The smallest absolute Gasteiger partial charge is 0.234 e. The first-order valence-corrected chi connectivity index (χ1v) is 7.50. The van der Waals surface area contributed by atoms with Gasteiger partial charge >= 0.3 is 0 Å². The van der Waals surface area contributed by atoms with Crippen LogP contribution in [0.5, 0.6) is 0 Å². The maximum Gasteiger partial charge on any atom is 0.234 e. The highest BCUT2D eigenvalue weighted by molar-refractivity contribution is 5.78. The van der Waals surface area contributed by atoms with Gasteiger partial charge in [0.15, 0.2) is 0 Å². The monoisotopic (exact) mass is 275 g/mol. The second-order valence-corrected chi connectivity index (χ2v) is 5.48. The molecule has 1 saturated heterocycles. The number of amides is 1. The Labute approximate surface area is 121 Å². The number of benzene rings is 1. The van der Waals surface area contributed by atoms with Crippen molar-refractivity contribution in [3.8, 4) is 0 Å². The Bertz CT molecular complexity index is 413. The molecule has 0 bridgehead atoms. The van der Waals surface area contributed by atoms with E-state index in [9.17, 15) is 4.79 Å². The van der Waals surface area contributed by atoms with E-state index in [4.69, 9.17) is 0 Å². The van der Waals surface area contributed by atoms with Crippen LogP contribution in [0.25, 0.3) is 0 Å². The van der Waals surface area contributed by atoms with E-state index in [1.165, 1.54) is 5.69 Å². The number of hydrogen-bond acceptors (Lipinski definition) is 3. The van der Waals surface area contributed by atoms with Gasteiger partial charge in [0.1, 0.15) is 0 Å². The topological polar surface area (TPSA) is 35.6 Å². The molecular weight excluding hydrogens is 250 g/mol. The zero-order valence-corrected chi connectivity index (χ0v) is 12.5. The summed E-state index contributed by atoms with van der Waals surface area (Å²) in [7, 11) is 0. The van der Waals surface area contributed by atoms with Crippen molar-refractivity contribution in [3.05, 3.63) is 30.3 Å². The maximum atomic E-state index is 11.9. The molecule has 1 aromatic carbocycles. The minimum absolute atomic E-state index is 0.146. The highest BCUT2D eigenvalue weighted by atomic mass is 16.2. The van der Waals surface area contributed by atoms with Crippen LogP contribution in [-0.4, -0.2) is 49.6 Å². The summed E-state index contributed by atoms with van der Waals surface area (Å²) >= 11 is 0. The van der Waals surface area contributed by atoms with E-state index in [0.29, 0.717) is 6.54 Å². The summed E-state index contributed by atoms with van der Waals surface area (Å²) in [6.07, 6.45) is 0.980. The van der Waals surface area contributed by atoms with Gasteiger partial charge < -0.3 is 10.2 Å². The number of hydrogen-bond donors (Lipinski definition) is 1. The van der Waals surface area contributed by atoms with E-state index in [2.05, 4.69) is 46.3 Å². The fourth-order valence-corrected chi connectivity index (χ4v) is 2.43. The average molecular weight is 275 g/mol. The predicted octanol–water partition coefficient (Wildman–Crippen LogP) is 1.72.